The van der Waals surface area contributed by atoms with Gasteiger partial charge < -0.3 is 10.5 Å². The van der Waals surface area contributed by atoms with Crippen molar-refractivity contribution in [2.24, 2.45) is 11.7 Å². The minimum absolute atomic E-state index is 0.192. The van der Waals surface area contributed by atoms with Gasteiger partial charge in [0.2, 0.25) is 5.88 Å². The molecule has 8 heteroatoms. The second-order valence-electron chi connectivity index (χ2n) is 6.26. The molecule has 1 aromatic heterocycles. The molecule has 0 bridgehead atoms. The lowest BCUT2D eigenvalue weighted by Gasteiger charge is -2.25. The predicted molar refractivity (Wildman–Crippen MR) is 98.4 cm³/mol. The smallest absolute Gasteiger partial charge is 0.254 e. The van der Waals surface area contributed by atoms with E-state index in [1.807, 2.05) is 24.3 Å². The van der Waals surface area contributed by atoms with Crippen LogP contribution < -0.4 is 20.9 Å². The number of carbonyl (C=O) groups is 1. The van der Waals surface area contributed by atoms with Gasteiger partial charge in [-0.15, -0.1) is 5.12 Å². The molecule has 0 radical (unpaired) electrons. The van der Waals surface area contributed by atoms with Gasteiger partial charge in [0.1, 0.15) is 11.3 Å². The number of carbonyl (C=O) groups excluding carboxylic acids is 1. The van der Waals surface area contributed by atoms with Gasteiger partial charge in [0.05, 0.1) is 15.8 Å². The number of anilines is 2. The van der Waals surface area contributed by atoms with E-state index in [4.69, 9.17) is 10.5 Å². The molecule has 0 unspecified atom stereocenters. The lowest BCUT2D eigenvalue weighted by molar-refractivity contribution is 0.0997. The minimum atomic E-state index is -0.575. The number of nitrogens with two attached hydrogens (primary N) is 1. The topological polar surface area (TPSA) is 83.7 Å². The van der Waals surface area contributed by atoms with Crippen molar-refractivity contribution in [1.29, 1.82) is 0 Å². The van der Waals surface area contributed by atoms with Gasteiger partial charge in [0, 0.05) is 19.8 Å². The molecule has 1 aliphatic heterocycles. The van der Waals surface area contributed by atoms with E-state index in [0.717, 1.165) is 28.3 Å². The van der Waals surface area contributed by atoms with E-state index in [0.29, 0.717) is 5.75 Å². The molecule has 2 heterocycles. The highest BCUT2D eigenvalue weighted by atomic mass is 79.9. The quantitative estimate of drug-likeness (QED) is 0.797. The van der Waals surface area contributed by atoms with E-state index >= 15 is 0 Å². The summed E-state index contributed by atoms with van der Waals surface area (Å²) in [7, 11) is 1.99. The van der Waals surface area contributed by atoms with E-state index in [9.17, 15) is 4.79 Å². The monoisotopic (exact) mass is 403 g/mol. The van der Waals surface area contributed by atoms with Crippen molar-refractivity contribution in [1.82, 2.24) is 10.1 Å². The molecule has 25 heavy (non-hydrogen) atoms. The number of nitrogens with one attached hydrogen (secondary N) is 1. The summed E-state index contributed by atoms with van der Waals surface area (Å²) in [6, 6.07) is 7.11. The molecule has 3 N–H and O–H groups in total. The number of rotatable bonds is 5. The van der Waals surface area contributed by atoms with E-state index in [2.05, 4.69) is 31.3 Å². The molecule has 4 rings (SSSR count). The van der Waals surface area contributed by atoms with Crippen LogP contribution in [0.5, 0.6) is 11.6 Å². The van der Waals surface area contributed by atoms with Gasteiger partial charge in [-0.25, -0.2) is 4.98 Å². The van der Waals surface area contributed by atoms with Crippen LogP contribution in [0.3, 0.4) is 0 Å². The van der Waals surface area contributed by atoms with Crippen molar-refractivity contribution in [3.8, 4) is 11.6 Å². The molecule has 1 aliphatic carbocycles. The summed E-state index contributed by atoms with van der Waals surface area (Å²) in [5, 5.41) is 4.20. The number of hydrogen-bond donors (Lipinski definition) is 2. The first-order chi connectivity index (χ1) is 12.0. The Balaban J connectivity index is 1.65. The number of fused-ring (bicyclic) bond motifs is 1. The molecule has 1 amide bonds. The maximum absolute atomic E-state index is 11.5. The third kappa shape index (κ3) is 3.03. The Morgan fingerprint density at radius 2 is 2.24 bits per heavy atom. The van der Waals surface area contributed by atoms with Gasteiger partial charge in [-0.3, -0.25) is 15.2 Å². The van der Waals surface area contributed by atoms with Crippen molar-refractivity contribution in [2.45, 2.75) is 12.8 Å². The number of hydrogen-bond acceptors (Lipinski definition) is 6. The van der Waals surface area contributed by atoms with Crippen molar-refractivity contribution in [2.75, 3.05) is 24.0 Å². The maximum atomic E-state index is 11.5. The number of halogens is 1. The van der Waals surface area contributed by atoms with Crippen LogP contribution in [0.25, 0.3) is 0 Å². The number of pyridine rings is 1. The van der Waals surface area contributed by atoms with Crippen molar-refractivity contribution >= 4 is 33.2 Å². The normalized spacial score (nSPS) is 16.5. The molecule has 2 aliphatic rings. The second kappa shape index (κ2) is 6.20. The summed E-state index contributed by atoms with van der Waals surface area (Å²) in [6.45, 7) is 0.995. The molecule has 2 aromatic rings. The SMILES string of the molecule is CN1Nc2c(ccc(Oc3ncccc3C(N)=O)c2Br)N1CC1CC1. The first kappa shape index (κ1) is 16.2. The fourth-order valence-corrected chi connectivity index (χ4v) is 3.37. The molecular formula is C17H18BrN5O2. The lowest BCUT2D eigenvalue weighted by Crippen LogP contribution is -2.39. The Labute approximate surface area is 153 Å². The fraction of sp³-hybridized carbons (Fsp3) is 0.294. The van der Waals surface area contributed by atoms with Crippen LogP contribution >= 0.6 is 15.9 Å². The summed E-state index contributed by atoms with van der Waals surface area (Å²) < 4.78 is 6.63. The third-order valence-electron chi connectivity index (χ3n) is 4.37. The van der Waals surface area contributed by atoms with Gasteiger partial charge in [0.15, 0.2) is 0 Å². The molecule has 0 spiro atoms. The number of amides is 1. The zero-order valence-corrected chi connectivity index (χ0v) is 15.3. The highest BCUT2D eigenvalue weighted by molar-refractivity contribution is 9.10. The van der Waals surface area contributed by atoms with Crippen LogP contribution in [-0.4, -0.2) is 29.6 Å². The first-order valence-electron chi connectivity index (χ1n) is 8.07. The molecule has 130 valence electrons. The van der Waals surface area contributed by atoms with Crippen LogP contribution in [0, 0.1) is 5.92 Å². The third-order valence-corrected chi connectivity index (χ3v) is 5.16. The highest BCUT2D eigenvalue weighted by Crippen LogP contribution is 2.46. The summed E-state index contributed by atoms with van der Waals surface area (Å²) >= 11 is 3.60. The van der Waals surface area contributed by atoms with E-state index in [-0.39, 0.29) is 11.4 Å². The van der Waals surface area contributed by atoms with Crippen LogP contribution in [0.1, 0.15) is 23.2 Å². The average molecular weight is 404 g/mol. The van der Waals surface area contributed by atoms with Gasteiger partial charge in [-0.1, -0.05) is 0 Å². The zero-order chi connectivity index (χ0) is 17.6. The van der Waals surface area contributed by atoms with Crippen LogP contribution in [0.4, 0.5) is 11.4 Å². The summed E-state index contributed by atoms with van der Waals surface area (Å²) in [4.78, 5) is 15.7. The molecule has 0 saturated heterocycles. The number of ether oxygens (including phenoxy) is 1. The number of aromatic nitrogens is 1. The Morgan fingerprint density at radius 1 is 1.44 bits per heavy atom. The van der Waals surface area contributed by atoms with Crippen molar-refractivity contribution in [3.05, 3.63) is 40.5 Å². The van der Waals surface area contributed by atoms with Gasteiger partial charge in [-0.2, -0.15) is 0 Å². The van der Waals surface area contributed by atoms with Gasteiger partial charge >= 0.3 is 0 Å². The summed E-state index contributed by atoms with van der Waals surface area (Å²) in [6.07, 6.45) is 4.14. The number of primary amides is 1. The molecule has 0 atom stereocenters. The van der Waals surface area contributed by atoms with E-state index < -0.39 is 5.91 Å². The van der Waals surface area contributed by atoms with Crippen molar-refractivity contribution < 1.29 is 9.53 Å². The second-order valence-corrected chi connectivity index (χ2v) is 7.05. The number of nitrogens with zero attached hydrogens (tertiary/aromatic N) is 3. The minimum Gasteiger partial charge on any atom is -0.437 e. The summed E-state index contributed by atoms with van der Waals surface area (Å²) in [5.74, 6) is 0.941. The van der Waals surface area contributed by atoms with E-state index in [1.54, 1.807) is 18.3 Å². The standard InChI is InChI=1S/C17H18BrN5O2/c1-22-21-15-12(23(22)9-10-4-5-10)6-7-13(14(15)18)25-17-11(16(19)24)3-2-8-20-17/h2-3,6-8,10,21H,4-5,9H2,1H3,(H2,19,24). The lowest BCUT2D eigenvalue weighted by atomic mass is 10.2. The fourth-order valence-electron chi connectivity index (χ4n) is 2.86. The number of hydrazine groups is 2. The highest BCUT2D eigenvalue weighted by Gasteiger charge is 2.33. The van der Waals surface area contributed by atoms with Gasteiger partial charge in [-0.05, 0) is 59.0 Å². The Morgan fingerprint density at radius 3 is 2.96 bits per heavy atom. The average Bonchev–Trinajstić information content (AvgIpc) is 3.35. The van der Waals surface area contributed by atoms with Crippen molar-refractivity contribution in [3.63, 3.8) is 0 Å². The van der Waals surface area contributed by atoms with E-state index in [1.165, 1.54) is 12.8 Å². The molecular weight excluding hydrogens is 386 g/mol. The molecule has 1 aromatic carbocycles. The van der Waals surface area contributed by atoms with Crippen LogP contribution in [0.2, 0.25) is 0 Å². The summed E-state index contributed by atoms with van der Waals surface area (Å²) in [5.41, 5.74) is 11.0. The largest absolute Gasteiger partial charge is 0.437 e. The molecule has 1 fully saturated rings. The Kier molecular flexibility index (Phi) is 4.01. The first-order valence-corrected chi connectivity index (χ1v) is 8.87. The van der Waals surface area contributed by atoms with Crippen LogP contribution in [-0.2, 0) is 0 Å². The zero-order valence-electron chi connectivity index (χ0n) is 13.7. The molecule has 7 nitrogen and oxygen atoms in total. The Bertz CT molecular complexity index is 840. The molecule has 1 saturated carbocycles. The van der Waals surface area contributed by atoms with Crippen LogP contribution in [0.15, 0.2) is 34.9 Å². The predicted octanol–water partition coefficient (Wildman–Crippen LogP) is 3.14. The number of benzene rings is 1. The van der Waals surface area contributed by atoms with Gasteiger partial charge in [0.25, 0.3) is 5.91 Å². The Hall–Kier alpha value is -2.32. The maximum Gasteiger partial charge on any atom is 0.254 e.